The smallest absolute Gasteiger partial charge is 0.325 e. The summed E-state index contributed by atoms with van der Waals surface area (Å²) < 4.78 is 4.89. The van der Waals surface area contributed by atoms with Crippen molar-refractivity contribution in [3.8, 4) is 0 Å². The number of methoxy groups -OCH3 is 1. The number of imide groups is 1. The maximum absolute atomic E-state index is 12.2. The summed E-state index contributed by atoms with van der Waals surface area (Å²) in [6.45, 7) is 2.35. The molecule has 1 aliphatic rings. The summed E-state index contributed by atoms with van der Waals surface area (Å²) in [6.07, 6.45) is 0. The molecule has 6 heteroatoms. The minimum absolute atomic E-state index is 0.220. The summed E-state index contributed by atoms with van der Waals surface area (Å²) in [5.41, 5.74) is -0.932. The summed E-state index contributed by atoms with van der Waals surface area (Å²) in [4.78, 5) is 26.0. The van der Waals surface area contributed by atoms with Crippen LogP contribution in [0.4, 0.5) is 4.79 Å². The van der Waals surface area contributed by atoms with E-state index in [4.69, 9.17) is 4.74 Å². The van der Waals surface area contributed by atoms with Crippen LogP contribution in [0.25, 0.3) is 0 Å². The Balaban J connectivity index is 2.23. The molecular formula is C11H14N2O3S. The van der Waals surface area contributed by atoms with Crippen molar-refractivity contribution < 1.29 is 14.3 Å². The zero-order valence-electron chi connectivity index (χ0n) is 9.73. The van der Waals surface area contributed by atoms with Gasteiger partial charge in [0, 0.05) is 12.0 Å². The van der Waals surface area contributed by atoms with Crippen molar-refractivity contribution in [1.82, 2.24) is 10.2 Å². The SMILES string of the molecule is COCCN1C(=O)NC(C)(c2cccs2)C1=O. The van der Waals surface area contributed by atoms with E-state index in [9.17, 15) is 9.59 Å². The first-order chi connectivity index (χ1) is 8.09. The van der Waals surface area contributed by atoms with Crippen LogP contribution in [0.3, 0.4) is 0 Å². The van der Waals surface area contributed by atoms with Gasteiger partial charge in [-0.05, 0) is 18.4 Å². The molecular weight excluding hydrogens is 240 g/mol. The van der Waals surface area contributed by atoms with Crippen molar-refractivity contribution in [2.24, 2.45) is 0 Å². The summed E-state index contributed by atoms with van der Waals surface area (Å²) in [5.74, 6) is -0.220. The van der Waals surface area contributed by atoms with Crippen molar-refractivity contribution in [2.45, 2.75) is 12.5 Å². The van der Waals surface area contributed by atoms with E-state index in [2.05, 4.69) is 5.32 Å². The Morgan fingerprint density at radius 3 is 2.88 bits per heavy atom. The first kappa shape index (κ1) is 12.1. The number of carbonyl (C=O) groups excluding carboxylic acids is 2. The molecule has 1 aromatic heterocycles. The van der Waals surface area contributed by atoms with E-state index in [-0.39, 0.29) is 18.5 Å². The average Bonchev–Trinajstić information content (AvgIpc) is 2.88. The first-order valence-corrected chi connectivity index (χ1v) is 6.14. The third-order valence-electron chi connectivity index (χ3n) is 2.81. The number of amides is 3. The van der Waals surface area contributed by atoms with Crippen molar-refractivity contribution in [2.75, 3.05) is 20.3 Å². The average molecular weight is 254 g/mol. The number of carbonyl (C=O) groups is 2. The van der Waals surface area contributed by atoms with E-state index in [0.717, 1.165) is 4.88 Å². The Morgan fingerprint density at radius 1 is 1.53 bits per heavy atom. The van der Waals surface area contributed by atoms with Crippen molar-refractivity contribution >= 4 is 23.3 Å². The number of hydrogen-bond donors (Lipinski definition) is 1. The fourth-order valence-corrected chi connectivity index (χ4v) is 2.65. The Kier molecular flexibility index (Phi) is 3.17. The summed E-state index contributed by atoms with van der Waals surface area (Å²) in [6, 6.07) is 3.36. The second kappa shape index (κ2) is 4.46. The van der Waals surface area contributed by atoms with Crippen LogP contribution < -0.4 is 5.32 Å². The maximum atomic E-state index is 12.2. The van der Waals surface area contributed by atoms with Gasteiger partial charge in [-0.15, -0.1) is 11.3 Å². The molecule has 1 saturated heterocycles. The normalized spacial score (nSPS) is 24.2. The molecule has 0 radical (unpaired) electrons. The van der Waals surface area contributed by atoms with Crippen LogP contribution in [-0.2, 0) is 15.1 Å². The third kappa shape index (κ3) is 1.94. The molecule has 1 atom stereocenters. The number of hydrogen-bond acceptors (Lipinski definition) is 4. The molecule has 0 saturated carbocycles. The molecule has 1 aromatic rings. The molecule has 2 heterocycles. The number of urea groups is 1. The molecule has 1 aliphatic heterocycles. The lowest BCUT2D eigenvalue weighted by Gasteiger charge is -2.19. The van der Waals surface area contributed by atoms with Gasteiger partial charge in [-0.3, -0.25) is 9.69 Å². The highest BCUT2D eigenvalue weighted by Crippen LogP contribution is 2.31. The fraction of sp³-hybridized carbons (Fsp3) is 0.455. The van der Waals surface area contributed by atoms with Crippen LogP contribution >= 0.6 is 11.3 Å². The second-order valence-corrected chi connectivity index (χ2v) is 4.93. The highest BCUT2D eigenvalue weighted by Gasteiger charge is 2.49. The monoisotopic (exact) mass is 254 g/mol. The van der Waals surface area contributed by atoms with Crippen molar-refractivity contribution in [3.05, 3.63) is 22.4 Å². The first-order valence-electron chi connectivity index (χ1n) is 5.26. The summed E-state index contributed by atoms with van der Waals surface area (Å²) in [5, 5.41) is 4.62. The molecule has 0 bridgehead atoms. The standard InChI is InChI=1S/C11H14N2O3S/c1-11(8-4-3-7-17-8)9(14)13(5-6-16-2)10(15)12-11/h3-4,7H,5-6H2,1-2H3,(H,12,15). The van der Waals surface area contributed by atoms with Gasteiger partial charge < -0.3 is 10.1 Å². The maximum Gasteiger partial charge on any atom is 0.325 e. The van der Waals surface area contributed by atoms with Gasteiger partial charge in [-0.2, -0.15) is 0 Å². The van der Waals surface area contributed by atoms with Gasteiger partial charge >= 0.3 is 6.03 Å². The second-order valence-electron chi connectivity index (χ2n) is 3.98. The molecule has 92 valence electrons. The quantitative estimate of drug-likeness (QED) is 0.820. The van der Waals surface area contributed by atoms with Gasteiger partial charge in [0.05, 0.1) is 13.2 Å². The number of nitrogens with zero attached hydrogens (tertiary/aromatic N) is 1. The van der Waals surface area contributed by atoms with Crippen molar-refractivity contribution in [1.29, 1.82) is 0 Å². The number of nitrogens with one attached hydrogen (secondary N) is 1. The lowest BCUT2D eigenvalue weighted by atomic mass is 10.0. The summed E-state index contributed by atoms with van der Waals surface area (Å²) >= 11 is 1.46. The van der Waals surface area contributed by atoms with E-state index >= 15 is 0 Å². The Bertz CT molecular complexity index is 432. The highest BCUT2D eigenvalue weighted by atomic mass is 32.1. The molecule has 0 aromatic carbocycles. The third-order valence-corrected chi connectivity index (χ3v) is 3.90. The van der Waals surface area contributed by atoms with Crippen LogP contribution in [0.1, 0.15) is 11.8 Å². The molecule has 0 spiro atoms. The largest absolute Gasteiger partial charge is 0.383 e. The Labute approximate surface area is 103 Å². The van der Waals surface area contributed by atoms with E-state index < -0.39 is 5.54 Å². The van der Waals surface area contributed by atoms with E-state index in [1.807, 2.05) is 17.5 Å². The van der Waals surface area contributed by atoms with E-state index in [0.29, 0.717) is 6.61 Å². The molecule has 5 nitrogen and oxygen atoms in total. The van der Waals surface area contributed by atoms with Gasteiger partial charge in [0.15, 0.2) is 5.54 Å². The zero-order valence-corrected chi connectivity index (χ0v) is 10.5. The van der Waals surface area contributed by atoms with Gasteiger partial charge in [-0.1, -0.05) is 6.07 Å². The number of ether oxygens (including phenoxy) is 1. The number of thiophene rings is 1. The highest BCUT2D eigenvalue weighted by molar-refractivity contribution is 7.10. The lowest BCUT2D eigenvalue weighted by molar-refractivity contribution is -0.131. The topological polar surface area (TPSA) is 58.6 Å². The molecule has 1 N–H and O–H groups in total. The summed E-state index contributed by atoms with van der Waals surface area (Å²) in [7, 11) is 1.54. The minimum atomic E-state index is -0.932. The zero-order chi connectivity index (χ0) is 12.5. The van der Waals surface area contributed by atoms with Crippen LogP contribution in [0.15, 0.2) is 17.5 Å². The van der Waals surface area contributed by atoms with Crippen LogP contribution in [0, 0.1) is 0 Å². The van der Waals surface area contributed by atoms with Gasteiger partial charge in [0.2, 0.25) is 0 Å². The minimum Gasteiger partial charge on any atom is -0.383 e. The Morgan fingerprint density at radius 2 is 2.29 bits per heavy atom. The lowest BCUT2D eigenvalue weighted by Crippen LogP contribution is -2.40. The molecule has 0 aliphatic carbocycles. The van der Waals surface area contributed by atoms with Crippen molar-refractivity contribution in [3.63, 3.8) is 0 Å². The fourth-order valence-electron chi connectivity index (χ4n) is 1.81. The van der Waals surface area contributed by atoms with Gasteiger partial charge in [0.1, 0.15) is 0 Å². The van der Waals surface area contributed by atoms with E-state index in [1.165, 1.54) is 23.3 Å². The van der Waals surface area contributed by atoms with E-state index in [1.54, 1.807) is 6.92 Å². The number of rotatable bonds is 4. The van der Waals surface area contributed by atoms with Gasteiger partial charge in [0.25, 0.3) is 5.91 Å². The Hall–Kier alpha value is -1.40. The predicted octanol–water partition coefficient (Wildman–Crippen LogP) is 1.16. The molecule has 2 rings (SSSR count). The van der Waals surface area contributed by atoms with Crippen LogP contribution in [-0.4, -0.2) is 37.1 Å². The molecule has 3 amide bonds. The van der Waals surface area contributed by atoms with Gasteiger partial charge in [-0.25, -0.2) is 4.79 Å². The van der Waals surface area contributed by atoms with Crippen LogP contribution in [0.2, 0.25) is 0 Å². The molecule has 1 unspecified atom stereocenters. The van der Waals surface area contributed by atoms with Crippen LogP contribution in [0.5, 0.6) is 0 Å². The predicted molar refractivity (Wildman–Crippen MR) is 63.8 cm³/mol. The molecule has 1 fully saturated rings. The molecule has 17 heavy (non-hydrogen) atoms.